The minimum Gasteiger partial charge on any atom is -0.456 e. The molecule has 0 bridgehead atoms. The van der Waals surface area contributed by atoms with Gasteiger partial charge in [0, 0.05) is 0 Å². The van der Waals surface area contributed by atoms with Crippen molar-refractivity contribution < 1.29 is 36.6 Å². The number of nitrogens with zero attached hydrogens (tertiary/aromatic N) is 1. The van der Waals surface area contributed by atoms with Crippen LogP contribution in [0.15, 0.2) is 72.9 Å². The zero-order valence-electron chi connectivity index (χ0n) is 17.0. The monoisotopic (exact) mass is 462 g/mol. The summed E-state index contributed by atoms with van der Waals surface area (Å²) < 4.78 is 66.4. The van der Waals surface area contributed by atoms with E-state index in [9.17, 15) is 22.4 Å². The van der Waals surface area contributed by atoms with Crippen LogP contribution >= 0.6 is 0 Å². The number of benzene rings is 2. The molecule has 4 rings (SSSR count). The van der Waals surface area contributed by atoms with E-state index in [2.05, 4.69) is 15.0 Å². The Kier molecular flexibility index (Phi) is 6.34. The quantitative estimate of drug-likeness (QED) is 0.448. The Hall–Kier alpha value is -3.82. The first-order chi connectivity index (χ1) is 15.8. The van der Waals surface area contributed by atoms with E-state index < -0.39 is 36.5 Å². The number of aromatic nitrogens is 1. The summed E-state index contributed by atoms with van der Waals surface area (Å²) in [6.07, 6.45) is -8.33. The second kappa shape index (κ2) is 9.35. The molecule has 33 heavy (non-hydrogen) atoms. The lowest BCUT2D eigenvalue weighted by atomic mass is 9.99. The van der Waals surface area contributed by atoms with Gasteiger partial charge in [0.05, 0.1) is 17.9 Å². The highest BCUT2D eigenvalue weighted by atomic mass is 19.3. The number of alkyl halides is 4. The maximum atomic E-state index is 13.2. The number of ether oxygens (including phenoxy) is 3. The lowest BCUT2D eigenvalue weighted by molar-refractivity contribution is -0.253. The molecule has 10 heteroatoms. The van der Waals surface area contributed by atoms with Gasteiger partial charge < -0.3 is 19.5 Å². The number of carbonyl (C=O) groups is 1. The Morgan fingerprint density at radius 2 is 1.76 bits per heavy atom. The molecule has 0 radical (unpaired) electrons. The highest BCUT2D eigenvalue weighted by Gasteiger charge is 2.44. The van der Waals surface area contributed by atoms with Gasteiger partial charge in [0.25, 0.3) is 0 Å². The normalized spacial score (nSPS) is 18.0. The molecule has 1 amide bonds. The fourth-order valence-corrected chi connectivity index (χ4v) is 3.32. The summed E-state index contributed by atoms with van der Waals surface area (Å²) in [5.41, 5.74) is 0.929. The number of hydrogen-bond acceptors (Lipinski definition) is 5. The zero-order chi connectivity index (χ0) is 23.4. The highest BCUT2D eigenvalue weighted by Crippen LogP contribution is 2.31. The van der Waals surface area contributed by atoms with Crippen molar-refractivity contribution in [3.05, 3.63) is 84.2 Å². The van der Waals surface area contributed by atoms with Crippen molar-refractivity contribution in [2.24, 2.45) is 0 Å². The average molecular weight is 462 g/mol. The third kappa shape index (κ3) is 5.51. The number of rotatable bonds is 8. The van der Waals surface area contributed by atoms with E-state index in [0.29, 0.717) is 22.8 Å². The summed E-state index contributed by atoms with van der Waals surface area (Å²) in [5.74, 6) is 0.710. The predicted molar refractivity (Wildman–Crippen MR) is 109 cm³/mol. The van der Waals surface area contributed by atoms with Gasteiger partial charge in [-0.05, 0) is 48.4 Å². The van der Waals surface area contributed by atoms with Crippen molar-refractivity contribution in [1.29, 1.82) is 0 Å². The maximum absolute atomic E-state index is 13.2. The van der Waals surface area contributed by atoms with E-state index in [0.717, 1.165) is 6.07 Å². The van der Waals surface area contributed by atoms with E-state index in [-0.39, 0.29) is 6.42 Å². The van der Waals surface area contributed by atoms with E-state index in [4.69, 9.17) is 9.47 Å². The molecule has 2 atom stereocenters. The van der Waals surface area contributed by atoms with Crippen LogP contribution in [-0.2, 0) is 11.2 Å². The fraction of sp³-hybridized carbons (Fsp3) is 0.217. The number of carbonyl (C=O) groups excluding carboxylic acids is 1. The number of hydrogen-bond donors (Lipinski definition) is 1. The SMILES string of the molecule is O=C1NC(Cc2cccc(OC(F)(F)C(F)F)c2)C(c2ccc(Oc3ccccc3)cn2)O1. The zero-order valence-corrected chi connectivity index (χ0v) is 17.0. The summed E-state index contributed by atoms with van der Waals surface area (Å²) >= 11 is 0. The van der Waals surface area contributed by atoms with Crippen molar-refractivity contribution in [2.45, 2.75) is 31.1 Å². The van der Waals surface area contributed by atoms with Gasteiger partial charge in [0.15, 0.2) is 6.10 Å². The number of amides is 1. The van der Waals surface area contributed by atoms with E-state index >= 15 is 0 Å². The van der Waals surface area contributed by atoms with Crippen LogP contribution in [0.4, 0.5) is 22.4 Å². The van der Waals surface area contributed by atoms with Crippen LogP contribution in [-0.4, -0.2) is 29.7 Å². The first-order valence-corrected chi connectivity index (χ1v) is 9.90. The van der Waals surface area contributed by atoms with Crippen LogP contribution in [0.1, 0.15) is 17.4 Å². The Balaban J connectivity index is 1.46. The van der Waals surface area contributed by atoms with Crippen LogP contribution in [0.3, 0.4) is 0 Å². The molecule has 172 valence electrons. The third-order valence-corrected chi connectivity index (χ3v) is 4.79. The maximum Gasteiger partial charge on any atom is 0.461 e. The summed E-state index contributed by atoms with van der Waals surface area (Å²) in [7, 11) is 0. The number of halogens is 4. The molecule has 2 heterocycles. The van der Waals surface area contributed by atoms with Gasteiger partial charge in [-0.2, -0.15) is 17.6 Å². The molecule has 0 spiro atoms. The van der Waals surface area contributed by atoms with Gasteiger partial charge in [-0.1, -0.05) is 30.3 Å². The Labute approximate surface area is 186 Å². The second-order valence-electron chi connectivity index (χ2n) is 7.23. The topological polar surface area (TPSA) is 69.7 Å². The molecule has 2 aromatic carbocycles. The molecule has 3 aromatic rings. The van der Waals surface area contributed by atoms with E-state index in [1.165, 1.54) is 18.3 Å². The van der Waals surface area contributed by atoms with Crippen molar-refractivity contribution in [3.63, 3.8) is 0 Å². The second-order valence-corrected chi connectivity index (χ2v) is 7.23. The van der Waals surface area contributed by atoms with Crippen molar-refractivity contribution >= 4 is 6.09 Å². The molecule has 1 aliphatic rings. The van der Waals surface area contributed by atoms with Crippen LogP contribution in [0.25, 0.3) is 0 Å². The first-order valence-electron chi connectivity index (χ1n) is 9.90. The van der Waals surface area contributed by atoms with Gasteiger partial charge in [-0.15, -0.1) is 0 Å². The first kappa shape index (κ1) is 22.4. The fourth-order valence-electron chi connectivity index (χ4n) is 3.32. The molecule has 1 aromatic heterocycles. The highest BCUT2D eigenvalue weighted by molar-refractivity contribution is 5.70. The van der Waals surface area contributed by atoms with E-state index in [1.807, 2.05) is 18.2 Å². The molecule has 2 unspecified atom stereocenters. The standard InChI is InChI=1S/C23H18F4N2O4/c24-21(25)23(26,27)33-16-8-4-5-14(11-16)12-19-20(32-22(30)29-19)18-10-9-17(13-28-18)31-15-6-2-1-3-7-15/h1-11,13,19-21H,12H2,(H,29,30). The molecule has 1 N–H and O–H groups in total. The molecular formula is C23H18F4N2O4. The number of cyclic esters (lactones) is 1. The van der Waals surface area contributed by atoms with Crippen LogP contribution in [0.5, 0.6) is 17.2 Å². The summed E-state index contributed by atoms with van der Waals surface area (Å²) in [6.45, 7) is 0. The number of nitrogens with one attached hydrogen (secondary N) is 1. The lowest BCUT2D eigenvalue weighted by Crippen LogP contribution is -2.33. The number of para-hydroxylation sites is 1. The van der Waals surface area contributed by atoms with Gasteiger partial charge in [-0.25, -0.2) is 4.79 Å². The molecule has 1 aliphatic heterocycles. The molecule has 1 saturated heterocycles. The molecule has 0 aliphatic carbocycles. The van der Waals surface area contributed by atoms with Crippen LogP contribution in [0.2, 0.25) is 0 Å². The lowest BCUT2D eigenvalue weighted by Gasteiger charge is -2.19. The Morgan fingerprint density at radius 1 is 1.00 bits per heavy atom. The van der Waals surface area contributed by atoms with Crippen LogP contribution < -0.4 is 14.8 Å². The number of alkyl carbamates (subject to hydrolysis) is 1. The predicted octanol–water partition coefficient (Wildman–Crippen LogP) is 5.50. The summed E-state index contributed by atoms with van der Waals surface area (Å²) in [6, 6.07) is 17.2. The third-order valence-electron chi connectivity index (χ3n) is 4.79. The van der Waals surface area contributed by atoms with Gasteiger partial charge >= 0.3 is 18.6 Å². The minimum atomic E-state index is -4.61. The summed E-state index contributed by atoms with van der Waals surface area (Å²) in [4.78, 5) is 16.2. The van der Waals surface area contributed by atoms with Crippen molar-refractivity contribution in [2.75, 3.05) is 0 Å². The summed E-state index contributed by atoms with van der Waals surface area (Å²) in [5, 5.41) is 2.65. The van der Waals surface area contributed by atoms with Crippen molar-refractivity contribution in [1.82, 2.24) is 10.3 Å². The Morgan fingerprint density at radius 3 is 2.45 bits per heavy atom. The van der Waals surface area contributed by atoms with Gasteiger partial charge in [-0.3, -0.25) is 4.98 Å². The molecule has 0 saturated carbocycles. The van der Waals surface area contributed by atoms with Gasteiger partial charge in [0.1, 0.15) is 17.2 Å². The van der Waals surface area contributed by atoms with Gasteiger partial charge in [0.2, 0.25) is 0 Å². The Bertz CT molecular complexity index is 1100. The van der Waals surface area contributed by atoms with Crippen molar-refractivity contribution in [3.8, 4) is 17.2 Å². The average Bonchev–Trinajstić information content (AvgIpc) is 3.14. The number of pyridine rings is 1. The largest absolute Gasteiger partial charge is 0.461 e. The molecule has 6 nitrogen and oxygen atoms in total. The minimum absolute atomic E-state index is 0.164. The molecular weight excluding hydrogens is 444 g/mol. The molecule has 1 fully saturated rings. The van der Waals surface area contributed by atoms with Crippen LogP contribution in [0, 0.1) is 0 Å². The smallest absolute Gasteiger partial charge is 0.456 e. The van der Waals surface area contributed by atoms with E-state index in [1.54, 1.807) is 30.3 Å².